The molecule has 3 aromatic rings. The molecular formula is C18H17N5O2S3. The van der Waals surface area contributed by atoms with Crippen LogP contribution in [-0.2, 0) is 4.79 Å². The van der Waals surface area contributed by atoms with Crippen molar-refractivity contribution in [1.29, 1.82) is 0 Å². The molecule has 1 fully saturated rings. The molecule has 1 aliphatic heterocycles. The van der Waals surface area contributed by atoms with Gasteiger partial charge in [-0.25, -0.2) is 5.01 Å². The van der Waals surface area contributed by atoms with E-state index in [1.807, 2.05) is 29.6 Å². The van der Waals surface area contributed by atoms with Crippen LogP contribution >= 0.6 is 34.4 Å². The Balaban J connectivity index is 1.28. The van der Waals surface area contributed by atoms with Crippen LogP contribution < -0.4 is 5.32 Å². The molecule has 2 aliphatic rings. The number of furan rings is 1. The Labute approximate surface area is 173 Å². The number of hydrogen-bond acceptors (Lipinski definition) is 9. The van der Waals surface area contributed by atoms with Gasteiger partial charge in [0.25, 0.3) is 5.91 Å². The van der Waals surface area contributed by atoms with E-state index in [0.29, 0.717) is 12.5 Å². The number of aromatic nitrogens is 2. The summed E-state index contributed by atoms with van der Waals surface area (Å²) >= 11 is 4.52. The molecule has 7 nitrogen and oxygen atoms in total. The van der Waals surface area contributed by atoms with E-state index in [2.05, 4.69) is 20.6 Å². The van der Waals surface area contributed by atoms with E-state index in [9.17, 15) is 4.79 Å². The van der Waals surface area contributed by atoms with Crippen molar-refractivity contribution < 1.29 is 9.21 Å². The van der Waals surface area contributed by atoms with Crippen LogP contribution in [0.5, 0.6) is 0 Å². The third-order valence-electron chi connectivity index (χ3n) is 4.47. The number of thiophene rings is 1. The quantitative estimate of drug-likeness (QED) is 0.564. The zero-order chi connectivity index (χ0) is 18.9. The van der Waals surface area contributed by atoms with Gasteiger partial charge in [-0.05, 0) is 36.4 Å². The summed E-state index contributed by atoms with van der Waals surface area (Å²) in [4.78, 5) is 14.0. The summed E-state index contributed by atoms with van der Waals surface area (Å²) in [6, 6.07) is 8.09. The molecule has 4 heterocycles. The molecule has 0 bridgehead atoms. The van der Waals surface area contributed by atoms with Gasteiger partial charge in [-0.3, -0.25) is 4.79 Å². The van der Waals surface area contributed by atoms with E-state index in [-0.39, 0.29) is 17.7 Å². The number of rotatable bonds is 7. The average Bonchev–Trinajstić information content (AvgIpc) is 3.24. The van der Waals surface area contributed by atoms with Gasteiger partial charge in [-0.1, -0.05) is 29.2 Å². The second-order valence-electron chi connectivity index (χ2n) is 6.58. The Hall–Kier alpha value is -2.17. The van der Waals surface area contributed by atoms with Gasteiger partial charge in [-0.15, -0.1) is 21.5 Å². The molecule has 1 unspecified atom stereocenters. The van der Waals surface area contributed by atoms with E-state index < -0.39 is 0 Å². The summed E-state index contributed by atoms with van der Waals surface area (Å²) < 4.78 is 6.36. The van der Waals surface area contributed by atoms with Crippen LogP contribution in [0.15, 0.2) is 49.8 Å². The lowest BCUT2D eigenvalue weighted by Gasteiger charge is -2.19. The SMILES string of the molecule is O=C(CSc1nnc(NC2CC2)s1)N1N=C(c2cccs2)CC1c1ccco1. The van der Waals surface area contributed by atoms with Crippen molar-refractivity contribution in [3.63, 3.8) is 0 Å². The number of hydrazone groups is 1. The van der Waals surface area contributed by atoms with E-state index in [1.54, 1.807) is 22.6 Å². The highest BCUT2D eigenvalue weighted by Gasteiger charge is 2.35. The first kappa shape index (κ1) is 17.9. The molecule has 0 aromatic carbocycles. The van der Waals surface area contributed by atoms with Crippen LogP contribution in [0.1, 0.15) is 35.9 Å². The normalized spacial score (nSPS) is 19.1. The number of carbonyl (C=O) groups excluding carboxylic acids is 1. The number of amides is 1. The Morgan fingerprint density at radius 3 is 3.00 bits per heavy atom. The predicted molar refractivity (Wildman–Crippen MR) is 111 cm³/mol. The van der Waals surface area contributed by atoms with Crippen molar-refractivity contribution in [1.82, 2.24) is 15.2 Å². The van der Waals surface area contributed by atoms with Gasteiger partial charge in [0.15, 0.2) is 4.34 Å². The van der Waals surface area contributed by atoms with Gasteiger partial charge < -0.3 is 9.73 Å². The lowest BCUT2D eigenvalue weighted by atomic mass is 10.1. The molecular weight excluding hydrogens is 414 g/mol. The van der Waals surface area contributed by atoms with E-state index in [4.69, 9.17) is 4.42 Å². The maximum atomic E-state index is 12.9. The second kappa shape index (κ2) is 7.69. The summed E-state index contributed by atoms with van der Waals surface area (Å²) in [6.45, 7) is 0. The molecule has 1 amide bonds. The first-order valence-corrected chi connectivity index (χ1v) is 11.6. The fourth-order valence-corrected chi connectivity index (χ4v) is 5.36. The molecule has 5 rings (SSSR count). The molecule has 1 aliphatic carbocycles. The first-order chi connectivity index (χ1) is 13.8. The zero-order valence-corrected chi connectivity index (χ0v) is 17.2. The van der Waals surface area contributed by atoms with E-state index in [1.165, 1.54) is 35.9 Å². The standard InChI is InChI=1S/C18H17N5O2S3/c24-16(10-27-18-21-20-17(28-18)19-11-5-6-11)23-13(14-3-1-7-25-14)9-12(22-23)15-4-2-8-26-15/h1-4,7-8,11,13H,5-6,9-10H2,(H,19,20). The third-order valence-corrected chi connectivity index (χ3v) is 7.37. The predicted octanol–water partition coefficient (Wildman–Crippen LogP) is 4.24. The topological polar surface area (TPSA) is 83.6 Å². The molecule has 1 saturated carbocycles. The van der Waals surface area contributed by atoms with Crippen molar-refractivity contribution in [3.8, 4) is 0 Å². The molecule has 10 heteroatoms. The Morgan fingerprint density at radius 1 is 1.32 bits per heavy atom. The van der Waals surface area contributed by atoms with Crippen LogP contribution in [0.25, 0.3) is 0 Å². The van der Waals surface area contributed by atoms with Crippen LogP contribution in [0.4, 0.5) is 5.13 Å². The highest BCUT2D eigenvalue weighted by Crippen LogP contribution is 2.35. The van der Waals surface area contributed by atoms with Crippen LogP contribution in [0.3, 0.4) is 0 Å². The van der Waals surface area contributed by atoms with Gasteiger partial charge in [0.1, 0.15) is 11.8 Å². The molecule has 144 valence electrons. The van der Waals surface area contributed by atoms with Gasteiger partial charge in [-0.2, -0.15) is 5.10 Å². The fraction of sp³-hybridized carbons (Fsp3) is 0.333. The second-order valence-corrected chi connectivity index (χ2v) is 9.73. The lowest BCUT2D eigenvalue weighted by molar-refractivity contribution is -0.130. The van der Waals surface area contributed by atoms with E-state index in [0.717, 1.165) is 25.8 Å². The molecule has 1 atom stereocenters. The van der Waals surface area contributed by atoms with Crippen molar-refractivity contribution in [2.75, 3.05) is 11.1 Å². The molecule has 0 radical (unpaired) electrons. The molecule has 1 N–H and O–H groups in total. The summed E-state index contributed by atoms with van der Waals surface area (Å²) in [6.07, 6.45) is 4.66. The highest BCUT2D eigenvalue weighted by molar-refractivity contribution is 8.01. The Kier molecular flexibility index (Phi) is 4.91. The summed E-state index contributed by atoms with van der Waals surface area (Å²) in [5.41, 5.74) is 0.918. The van der Waals surface area contributed by atoms with E-state index >= 15 is 0 Å². The molecule has 0 saturated heterocycles. The van der Waals surface area contributed by atoms with Gasteiger partial charge in [0.2, 0.25) is 5.13 Å². The fourth-order valence-electron chi connectivity index (χ4n) is 2.95. The van der Waals surface area contributed by atoms with Gasteiger partial charge in [0, 0.05) is 12.5 Å². The van der Waals surface area contributed by atoms with Crippen molar-refractivity contribution >= 4 is 51.2 Å². The maximum Gasteiger partial charge on any atom is 0.253 e. The van der Waals surface area contributed by atoms with Gasteiger partial charge >= 0.3 is 0 Å². The van der Waals surface area contributed by atoms with Crippen LogP contribution in [0, 0.1) is 0 Å². The minimum Gasteiger partial charge on any atom is -0.467 e. The molecule has 0 spiro atoms. The minimum atomic E-state index is -0.207. The molecule has 3 aromatic heterocycles. The number of thioether (sulfide) groups is 1. The summed E-state index contributed by atoms with van der Waals surface area (Å²) in [7, 11) is 0. The summed E-state index contributed by atoms with van der Waals surface area (Å²) in [5.74, 6) is 0.946. The lowest BCUT2D eigenvalue weighted by Crippen LogP contribution is -2.28. The third kappa shape index (κ3) is 3.85. The average molecular weight is 432 g/mol. The zero-order valence-electron chi connectivity index (χ0n) is 14.8. The van der Waals surface area contributed by atoms with Crippen LogP contribution in [0.2, 0.25) is 0 Å². The van der Waals surface area contributed by atoms with Crippen molar-refractivity contribution in [3.05, 3.63) is 46.5 Å². The number of anilines is 1. The highest BCUT2D eigenvalue weighted by atomic mass is 32.2. The Morgan fingerprint density at radius 2 is 2.25 bits per heavy atom. The van der Waals surface area contributed by atoms with Crippen molar-refractivity contribution in [2.45, 2.75) is 35.7 Å². The van der Waals surface area contributed by atoms with Crippen LogP contribution in [-0.4, -0.2) is 38.6 Å². The molecule has 28 heavy (non-hydrogen) atoms. The minimum absolute atomic E-state index is 0.0649. The number of hydrogen-bond donors (Lipinski definition) is 1. The Bertz CT molecular complexity index is 979. The van der Waals surface area contributed by atoms with Crippen molar-refractivity contribution in [2.24, 2.45) is 5.10 Å². The number of nitrogens with one attached hydrogen (secondary N) is 1. The smallest absolute Gasteiger partial charge is 0.253 e. The number of carbonyl (C=O) groups is 1. The largest absolute Gasteiger partial charge is 0.467 e. The monoisotopic (exact) mass is 431 g/mol. The van der Waals surface area contributed by atoms with Gasteiger partial charge in [0.05, 0.1) is 22.6 Å². The maximum absolute atomic E-state index is 12.9. The number of nitrogens with zero attached hydrogens (tertiary/aromatic N) is 4. The first-order valence-electron chi connectivity index (χ1n) is 8.96. The summed E-state index contributed by atoms with van der Waals surface area (Å²) in [5, 5.41) is 20.7.